The van der Waals surface area contributed by atoms with E-state index in [1.165, 1.54) is 18.2 Å². The topological polar surface area (TPSA) is 105 Å². The average Bonchev–Trinajstić information content (AvgIpc) is 2.08. The summed E-state index contributed by atoms with van der Waals surface area (Å²) in [7, 11) is 0. The van der Waals surface area contributed by atoms with Crippen molar-refractivity contribution in [2.75, 3.05) is 0 Å². The summed E-state index contributed by atoms with van der Waals surface area (Å²) in [5.41, 5.74) is 5.81. The van der Waals surface area contributed by atoms with Gasteiger partial charge in [-0.15, -0.1) is 0 Å². The maximum atomic E-state index is 9.04. The van der Waals surface area contributed by atoms with Crippen LogP contribution in [0.2, 0.25) is 0 Å². The predicted octanol–water partition coefficient (Wildman–Crippen LogP) is -0.323. The van der Waals surface area contributed by atoms with E-state index in [4.69, 9.17) is 21.8 Å². The Hall–Kier alpha value is -1.91. The predicted molar refractivity (Wildman–Crippen MR) is 44.7 cm³/mol. The van der Waals surface area contributed by atoms with E-state index in [2.05, 4.69) is 5.10 Å². The molecule has 5 nitrogen and oxygen atoms in total. The van der Waals surface area contributed by atoms with Crippen LogP contribution in [0.1, 0.15) is 5.56 Å². The van der Waals surface area contributed by atoms with Crippen LogP contribution in [0.5, 0.6) is 11.5 Å². The molecule has 0 aliphatic heterocycles. The number of nitrogens with zero attached hydrogens (tertiary/aromatic N) is 1. The zero-order valence-corrected chi connectivity index (χ0v) is 6.23. The summed E-state index contributed by atoms with van der Waals surface area (Å²) in [4.78, 5) is 0. The summed E-state index contributed by atoms with van der Waals surface area (Å²) in [6.45, 7) is 0. The molecular formula is C7H9N3O2. The molecule has 0 radical (unpaired) electrons. The Morgan fingerprint density at radius 3 is 2.42 bits per heavy atom. The van der Waals surface area contributed by atoms with Gasteiger partial charge < -0.3 is 21.8 Å². The maximum absolute atomic E-state index is 9.04. The number of aromatic hydroxyl groups is 2. The standard InChI is InChI=1S/C7H9N3O2/c8-7(10-9)4-1-2-5(11)6(12)3-4/h1-3,11-12H,9H2,(H2,8,10). The van der Waals surface area contributed by atoms with Gasteiger partial charge in [-0.1, -0.05) is 0 Å². The minimum Gasteiger partial charge on any atom is -0.504 e. The smallest absolute Gasteiger partial charge is 0.158 e. The van der Waals surface area contributed by atoms with Crippen LogP contribution >= 0.6 is 0 Å². The van der Waals surface area contributed by atoms with Crippen molar-refractivity contribution in [1.82, 2.24) is 0 Å². The zero-order valence-electron chi connectivity index (χ0n) is 6.23. The van der Waals surface area contributed by atoms with Crippen molar-refractivity contribution < 1.29 is 10.2 Å². The third kappa shape index (κ3) is 1.39. The molecule has 0 aliphatic rings. The number of benzene rings is 1. The van der Waals surface area contributed by atoms with Crippen molar-refractivity contribution in [2.24, 2.45) is 16.7 Å². The molecule has 0 fully saturated rings. The van der Waals surface area contributed by atoms with Gasteiger partial charge >= 0.3 is 0 Å². The molecule has 0 saturated heterocycles. The van der Waals surface area contributed by atoms with Crippen molar-refractivity contribution in [3.63, 3.8) is 0 Å². The highest BCUT2D eigenvalue weighted by atomic mass is 16.3. The van der Waals surface area contributed by atoms with E-state index < -0.39 is 0 Å². The summed E-state index contributed by atoms with van der Waals surface area (Å²) in [6.07, 6.45) is 0. The fourth-order valence-corrected chi connectivity index (χ4v) is 0.757. The van der Waals surface area contributed by atoms with Crippen molar-refractivity contribution in [3.05, 3.63) is 23.8 Å². The minimum atomic E-state index is -0.251. The van der Waals surface area contributed by atoms with Gasteiger partial charge in [0.15, 0.2) is 11.5 Å². The van der Waals surface area contributed by atoms with Gasteiger partial charge in [-0.3, -0.25) is 0 Å². The van der Waals surface area contributed by atoms with Gasteiger partial charge in [0.1, 0.15) is 5.84 Å². The van der Waals surface area contributed by atoms with Crippen molar-refractivity contribution in [2.45, 2.75) is 0 Å². The molecule has 0 bridgehead atoms. The molecule has 0 aromatic heterocycles. The van der Waals surface area contributed by atoms with Gasteiger partial charge in [0.05, 0.1) is 0 Å². The van der Waals surface area contributed by atoms with Gasteiger partial charge in [-0.2, -0.15) is 5.10 Å². The molecule has 1 aromatic rings. The molecule has 0 amide bonds. The maximum Gasteiger partial charge on any atom is 0.158 e. The number of hydrogen-bond donors (Lipinski definition) is 4. The quantitative estimate of drug-likeness (QED) is 0.151. The monoisotopic (exact) mass is 167 g/mol. The molecule has 0 atom stereocenters. The van der Waals surface area contributed by atoms with Gasteiger partial charge in [-0.25, -0.2) is 0 Å². The van der Waals surface area contributed by atoms with Crippen molar-refractivity contribution in [1.29, 1.82) is 0 Å². The number of rotatable bonds is 1. The van der Waals surface area contributed by atoms with Crippen LogP contribution in [0, 0.1) is 0 Å². The Balaban J connectivity index is 3.13. The summed E-state index contributed by atoms with van der Waals surface area (Å²) in [6, 6.07) is 4.09. The van der Waals surface area contributed by atoms with E-state index in [0.29, 0.717) is 5.56 Å². The molecule has 1 rings (SSSR count). The first-order valence-electron chi connectivity index (χ1n) is 3.21. The van der Waals surface area contributed by atoms with E-state index in [-0.39, 0.29) is 17.3 Å². The Kier molecular flexibility index (Phi) is 2.05. The zero-order chi connectivity index (χ0) is 9.14. The van der Waals surface area contributed by atoms with E-state index in [9.17, 15) is 0 Å². The molecule has 12 heavy (non-hydrogen) atoms. The van der Waals surface area contributed by atoms with Gasteiger partial charge in [-0.05, 0) is 18.2 Å². The number of nitrogens with two attached hydrogens (primary N) is 2. The lowest BCUT2D eigenvalue weighted by molar-refractivity contribution is 0.403. The summed E-state index contributed by atoms with van der Waals surface area (Å²) < 4.78 is 0. The molecule has 6 N–H and O–H groups in total. The second-order valence-electron chi connectivity index (χ2n) is 2.22. The fourth-order valence-electron chi connectivity index (χ4n) is 0.757. The average molecular weight is 167 g/mol. The molecule has 5 heteroatoms. The normalized spacial score (nSPS) is 11.5. The van der Waals surface area contributed by atoms with Gasteiger partial charge in [0.2, 0.25) is 0 Å². The Bertz CT molecular complexity index is 322. The number of phenols is 2. The third-order valence-corrected chi connectivity index (χ3v) is 1.41. The van der Waals surface area contributed by atoms with Crippen LogP contribution in [-0.2, 0) is 0 Å². The molecule has 0 heterocycles. The minimum absolute atomic E-state index is 0.102. The van der Waals surface area contributed by atoms with Crippen molar-refractivity contribution >= 4 is 5.84 Å². The van der Waals surface area contributed by atoms with E-state index in [1.54, 1.807) is 0 Å². The molecule has 64 valence electrons. The Labute approximate surface area is 68.9 Å². The highest BCUT2D eigenvalue weighted by molar-refractivity contribution is 5.97. The molecule has 0 unspecified atom stereocenters. The van der Waals surface area contributed by atoms with E-state index in [0.717, 1.165) is 0 Å². The summed E-state index contributed by atoms with van der Waals surface area (Å²) in [5, 5.41) is 21.2. The number of hydrazone groups is 1. The molecular weight excluding hydrogens is 158 g/mol. The lowest BCUT2D eigenvalue weighted by Gasteiger charge is -2.00. The Morgan fingerprint density at radius 2 is 1.92 bits per heavy atom. The second kappa shape index (κ2) is 3.00. The summed E-state index contributed by atoms with van der Waals surface area (Å²) in [5.74, 6) is 4.56. The van der Waals surface area contributed by atoms with Crippen LogP contribution in [0.15, 0.2) is 23.3 Å². The van der Waals surface area contributed by atoms with E-state index >= 15 is 0 Å². The summed E-state index contributed by atoms with van der Waals surface area (Å²) >= 11 is 0. The lowest BCUT2D eigenvalue weighted by atomic mass is 10.2. The van der Waals surface area contributed by atoms with Crippen LogP contribution in [0.3, 0.4) is 0 Å². The van der Waals surface area contributed by atoms with Crippen LogP contribution < -0.4 is 11.6 Å². The van der Waals surface area contributed by atoms with Gasteiger partial charge in [0, 0.05) is 5.56 Å². The highest BCUT2D eigenvalue weighted by Gasteiger charge is 2.02. The first kappa shape index (κ1) is 8.19. The fraction of sp³-hybridized carbons (Fsp3) is 0. The van der Waals surface area contributed by atoms with Crippen LogP contribution in [0.25, 0.3) is 0 Å². The second-order valence-corrected chi connectivity index (χ2v) is 2.22. The van der Waals surface area contributed by atoms with Gasteiger partial charge in [0.25, 0.3) is 0 Å². The number of phenolic OH excluding ortho intramolecular Hbond substituents is 2. The van der Waals surface area contributed by atoms with Crippen molar-refractivity contribution in [3.8, 4) is 11.5 Å². The first-order chi connectivity index (χ1) is 5.65. The molecule has 0 aliphatic carbocycles. The number of amidine groups is 1. The first-order valence-corrected chi connectivity index (χ1v) is 3.21. The molecule has 0 spiro atoms. The largest absolute Gasteiger partial charge is 0.504 e. The van der Waals surface area contributed by atoms with Crippen LogP contribution in [-0.4, -0.2) is 16.0 Å². The van der Waals surface area contributed by atoms with E-state index in [1.807, 2.05) is 0 Å². The molecule has 0 saturated carbocycles. The SMILES string of the molecule is N/N=C(\N)c1ccc(O)c(O)c1. The lowest BCUT2D eigenvalue weighted by Crippen LogP contribution is -2.15. The Morgan fingerprint density at radius 1 is 1.25 bits per heavy atom. The number of hydrogen-bond acceptors (Lipinski definition) is 4. The van der Waals surface area contributed by atoms with Crippen LogP contribution in [0.4, 0.5) is 0 Å². The third-order valence-electron chi connectivity index (χ3n) is 1.41. The highest BCUT2D eigenvalue weighted by Crippen LogP contribution is 2.24. The molecule has 1 aromatic carbocycles.